The quantitative estimate of drug-likeness (QED) is 0.614. The molecule has 1 unspecified atom stereocenters. The Balaban J connectivity index is 3.06. The summed E-state index contributed by atoms with van der Waals surface area (Å²) in [5.74, 6) is -0.00171. The Morgan fingerprint density at radius 3 is 2.42 bits per heavy atom. The van der Waals surface area contributed by atoms with E-state index in [1.807, 2.05) is 17.7 Å². The third-order valence-electron chi connectivity index (χ3n) is 2.77. The number of carbonyl (C=O) groups is 1. The summed E-state index contributed by atoms with van der Waals surface area (Å²) in [4.78, 5) is 11.4. The topological polar surface area (TPSA) is 44.1 Å². The lowest BCUT2D eigenvalue weighted by molar-refractivity contribution is 0.0691. The van der Waals surface area contributed by atoms with Crippen molar-refractivity contribution in [2.24, 2.45) is 5.41 Å². The van der Waals surface area contributed by atoms with E-state index in [0.29, 0.717) is 5.69 Å². The number of carbonyl (C=O) groups excluding carboxylic acids is 1. The van der Waals surface area contributed by atoms with E-state index in [-0.39, 0.29) is 17.4 Å². The first kappa shape index (κ1) is 16.1. The smallest absolute Gasteiger partial charge is 0.179 e. The molecule has 0 aliphatic carbocycles. The predicted molar refractivity (Wildman–Crippen MR) is 80.0 cm³/mol. The third kappa shape index (κ3) is 4.91. The van der Waals surface area contributed by atoms with E-state index >= 15 is 0 Å². The lowest BCUT2D eigenvalue weighted by atomic mass is 9.91. The molecule has 0 saturated heterocycles. The minimum atomic E-state index is -1.17. The number of nitrogens with zero attached hydrogens (tertiary/aromatic N) is 2. The molecule has 5 heteroatoms. The molecule has 0 fully saturated rings. The zero-order chi connectivity index (χ0) is 14.8. The van der Waals surface area contributed by atoms with Gasteiger partial charge < -0.3 is 4.43 Å². The van der Waals surface area contributed by atoms with Crippen molar-refractivity contribution in [1.82, 2.24) is 9.78 Å². The van der Waals surface area contributed by atoms with Crippen LogP contribution < -0.4 is 0 Å². The summed E-state index contributed by atoms with van der Waals surface area (Å²) in [7, 11) is -1.17. The minimum absolute atomic E-state index is 0.00171. The van der Waals surface area contributed by atoms with Gasteiger partial charge in [-0.1, -0.05) is 20.8 Å². The van der Waals surface area contributed by atoms with E-state index < -0.39 is 9.04 Å². The number of Topliss-reactive ketones (excluding diaryl/α,β-unsaturated/α-hetero) is 1. The first-order valence-corrected chi connectivity index (χ1v) is 9.61. The van der Waals surface area contributed by atoms with Gasteiger partial charge in [-0.3, -0.25) is 4.79 Å². The number of rotatable bonds is 5. The Labute approximate surface area is 117 Å². The van der Waals surface area contributed by atoms with Gasteiger partial charge in [0.1, 0.15) is 11.9 Å². The average molecular weight is 282 g/mol. The van der Waals surface area contributed by atoms with Gasteiger partial charge in [0.05, 0.1) is 0 Å². The van der Waals surface area contributed by atoms with Crippen LogP contribution in [-0.2, 0) is 4.43 Å². The second kappa shape index (κ2) is 6.01. The second-order valence-corrected chi connectivity index (χ2v) is 8.95. The van der Waals surface area contributed by atoms with Crippen molar-refractivity contribution in [3.05, 3.63) is 17.5 Å². The Bertz CT molecular complexity index is 447. The maximum Gasteiger partial charge on any atom is 0.179 e. The van der Waals surface area contributed by atoms with E-state index in [1.165, 1.54) is 0 Å². The van der Waals surface area contributed by atoms with E-state index in [2.05, 4.69) is 39.0 Å². The maximum atomic E-state index is 11.4. The lowest BCUT2D eigenvalue weighted by Crippen LogP contribution is -2.26. The van der Waals surface area contributed by atoms with Gasteiger partial charge in [0.2, 0.25) is 0 Å². The summed E-state index contributed by atoms with van der Waals surface area (Å²) >= 11 is 0. The second-order valence-electron chi connectivity index (χ2n) is 6.58. The van der Waals surface area contributed by atoms with Crippen LogP contribution in [0.3, 0.4) is 0 Å². The first-order valence-electron chi connectivity index (χ1n) is 6.82. The Hall–Kier alpha value is -0.943. The molecule has 0 aliphatic heterocycles. The summed E-state index contributed by atoms with van der Waals surface area (Å²) in [5, 5.41) is 4.41. The molecular weight excluding hydrogens is 256 g/mol. The van der Waals surface area contributed by atoms with E-state index in [0.717, 1.165) is 12.1 Å². The van der Waals surface area contributed by atoms with Crippen LogP contribution in [0, 0.1) is 12.3 Å². The maximum absolute atomic E-state index is 11.4. The van der Waals surface area contributed by atoms with Crippen molar-refractivity contribution in [2.75, 3.05) is 0 Å². The summed E-state index contributed by atoms with van der Waals surface area (Å²) < 4.78 is 7.98. The van der Waals surface area contributed by atoms with Crippen LogP contribution in [0.2, 0.25) is 13.1 Å². The van der Waals surface area contributed by atoms with Crippen LogP contribution in [0.5, 0.6) is 0 Å². The minimum Gasteiger partial charge on any atom is -0.399 e. The van der Waals surface area contributed by atoms with Crippen LogP contribution >= 0.6 is 0 Å². The van der Waals surface area contributed by atoms with Crippen molar-refractivity contribution in [1.29, 1.82) is 0 Å². The highest BCUT2D eigenvalue weighted by Gasteiger charge is 2.24. The number of ketones is 1. The van der Waals surface area contributed by atoms with Crippen LogP contribution in [-0.4, -0.2) is 24.6 Å². The van der Waals surface area contributed by atoms with Crippen LogP contribution in [0.15, 0.2) is 6.07 Å². The van der Waals surface area contributed by atoms with Gasteiger partial charge in [0.15, 0.2) is 14.8 Å². The van der Waals surface area contributed by atoms with Gasteiger partial charge in [0, 0.05) is 12.6 Å². The van der Waals surface area contributed by atoms with Crippen LogP contribution in [0.25, 0.3) is 0 Å². The summed E-state index contributed by atoms with van der Waals surface area (Å²) in [6, 6.07) is 1.84. The largest absolute Gasteiger partial charge is 0.399 e. The normalized spacial score (nSPS) is 13.9. The SMILES string of the molecule is CC(=O)c1cc(C)n(C(CC(C)(C)C)O[SiH](C)C)n1. The van der Waals surface area contributed by atoms with Gasteiger partial charge in [0.25, 0.3) is 0 Å². The fraction of sp³-hybridized carbons (Fsp3) is 0.714. The van der Waals surface area contributed by atoms with Gasteiger partial charge in [-0.05, 0) is 37.9 Å². The van der Waals surface area contributed by atoms with Crippen molar-refractivity contribution in [3.63, 3.8) is 0 Å². The highest BCUT2D eigenvalue weighted by Crippen LogP contribution is 2.29. The van der Waals surface area contributed by atoms with Crippen LogP contribution in [0.1, 0.15) is 56.5 Å². The fourth-order valence-electron chi connectivity index (χ4n) is 1.98. The molecule has 1 atom stereocenters. The van der Waals surface area contributed by atoms with Crippen molar-refractivity contribution in [2.45, 2.75) is 60.4 Å². The molecule has 0 radical (unpaired) electrons. The molecule has 1 aromatic heterocycles. The standard InChI is InChI=1S/C14H26N2O2Si/c1-10-8-12(11(2)17)15-16(10)13(18-19(6)7)9-14(3,4)5/h8,13,19H,9H2,1-7H3. The Morgan fingerprint density at radius 1 is 1.47 bits per heavy atom. The molecule has 0 N–H and O–H groups in total. The average Bonchev–Trinajstić information content (AvgIpc) is 2.56. The molecule has 1 aromatic rings. The zero-order valence-electron chi connectivity index (χ0n) is 13.2. The van der Waals surface area contributed by atoms with Crippen molar-refractivity contribution >= 4 is 14.8 Å². The number of aryl methyl sites for hydroxylation is 1. The lowest BCUT2D eigenvalue weighted by Gasteiger charge is -2.28. The predicted octanol–water partition coefficient (Wildman–Crippen LogP) is 3.33. The Kier molecular flexibility index (Phi) is 5.09. The van der Waals surface area contributed by atoms with E-state index in [4.69, 9.17) is 4.43 Å². The van der Waals surface area contributed by atoms with Crippen LogP contribution in [0.4, 0.5) is 0 Å². The van der Waals surface area contributed by atoms with Gasteiger partial charge in [-0.2, -0.15) is 5.10 Å². The first-order chi connectivity index (χ1) is 8.60. The van der Waals surface area contributed by atoms with Gasteiger partial charge in [-0.15, -0.1) is 0 Å². The van der Waals surface area contributed by atoms with E-state index in [1.54, 1.807) is 6.92 Å². The molecule has 0 bridgehead atoms. The molecule has 0 spiro atoms. The number of aromatic nitrogens is 2. The zero-order valence-corrected chi connectivity index (χ0v) is 14.3. The molecule has 19 heavy (non-hydrogen) atoms. The molecular formula is C14H26N2O2Si. The monoisotopic (exact) mass is 282 g/mol. The summed E-state index contributed by atoms with van der Waals surface area (Å²) in [6.45, 7) is 14.4. The molecule has 1 rings (SSSR count). The molecule has 0 aliphatic rings. The van der Waals surface area contributed by atoms with Crippen molar-refractivity contribution < 1.29 is 9.22 Å². The molecule has 108 valence electrons. The van der Waals surface area contributed by atoms with Gasteiger partial charge >= 0.3 is 0 Å². The van der Waals surface area contributed by atoms with Crippen molar-refractivity contribution in [3.8, 4) is 0 Å². The summed E-state index contributed by atoms with van der Waals surface area (Å²) in [5.41, 5.74) is 1.66. The number of hydrogen-bond donors (Lipinski definition) is 0. The van der Waals surface area contributed by atoms with Gasteiger partial charge in [-0.25, -0.2) is 4.68 Å². The highest BCUT2D eigenvalue weighted by atomic mass is 28.3. The molecule has 4 nitrogen and oxygen atoms in total. The molecule has 0 saturated carbocycles. The highest BCUT2D eigenvalue weighted by molar-refractivity contribution is 6.48. The van der Waals surface area contributed by atoms with E-state index in [9.17, 15) is 4.79 Å². The molecule has 1 heterocycles. The Morgan fingerprint density at radius 2 is 2.05 bits per heavy atom. The molecule has 0 amide bonds. The fourth-order valence-corrected chi connectivity index (χ4v) is 2.82. The third-order valence-corrected chi connectivity index (χ3v) is 3.63. The summed E-state index contributed by atoms with van der Waals surface area (Å²) in [6.07, 6.45) is 0.817. The molecule has 0 aromatic carbocycles. The number of hydrogen-bond acceptors (Lipinski definition) is 3.